The van der Waals surface area contributed by atoms with Crippen LogP contribution in [0.1, 0.15) is 36.5 Å². The highest BCUT2D eigenvalue weighted by atomic mass is 16.5. The number of carbonyl (C=O) groups excluding carboxylic acids is 1. The zero-order valence-corrected chi connectivity index (χ0v) is 19.5. The van der Waals surface area contributed by atoms with Crippen LogP contribution in [0.4, 0.5) is 5.69 Å². The average Bonchev–Trinajstić information content (AvgIpc) is 2.86. The topological polar surface area (TPSA) is 48.0 Å². The number of para-hydroxylation sites is 1. The Morgan fingerprint density at radius 1 is 0.879 bits per heavy atom. The quantitative estimate of drug-likeness (QED) is 0.439. The highest BCUT2D eigenvalue weighted by Gasteiger charge is 2.36. The lowest BCUT2D eigenvalue weighted by Gasteiger charge is -2.38. The largest absolute Gasteiger partial charge is 0.497 e. The molecule has 0 fully saturated rings. The van der Waals surface area contributed by atoms with E-state index in [0.717, 1.165) is 39.6 Å². The number of esters is 1. The number of rotatable bonds is 7. The van der Waals surface area contributed by atoms with Crippen LogP contribution in [-0.2, 0) is 16.1 Å². The average molecular weight is 444 g/mol. The molecule has 0 unspecified atom stereocenters. The molecule has 5 heteroatoms. The van der Waals surface area contributed by atoms with Gasteiger partial charge in [-0.25, -0.2) is 4.79 Å². The van der Waals surface area contributed by atoms with Gasteiger partial charge in [0.05, 0.1) is 26.4 Å². The summed E-state index contributed by atoms with van der Waals surface area (Å²) in [5.41, 5.74) is 5.85. The summed E-state index contributed by atoms with van der Waals surface area (Å²) < 4.78 is 16.2. The van der Waals surface area contributed by atoms with Gasteiger partial charge in [0.1, 0.15) is 11.5 Å². The molecule has 3 aromatic rings. The molecule has 170 valence electrons. The summed E-state index contributed by atoms with van der Waals surface area (Å²) in [5.74, 6) is 1.09. The molecular formula is C28H29NO4. The van der Waals surface area contributed by atoms with Crippen molar-refractivity contribution in [3.63, 3.8) is 0 Å². The van der Waals surface area contributed by atoms with Crippen LogP contribution in [-0.4, -0.2) is 26.8 Å². The number of nitrogens with zero attached hydrogens (tertiary/aromatic N) is 1. The van der Waals surface area contributed by atoms with Crippen molar-refractivity contribution >= 4 is 11.7 Å². The molecule has 3 aromatic carbocycles. The molecule has 0 amide bonds. The number of carbonyl (C=O) groups is 1. The van der Waals surface area contributed by atoms with Crippen molar-refractivity contribution < 1.29 is 19.0 Å². The van der Waals surface area contributed by atoms with E-state index >= 15 is 0 Å². The number of allylic oxidation sites excluding steroid dienone is 1. The van der Waals surface area contributed by atoms with Crippen LogP contribution in [0.2, 0.25) is 0 Å². The van der Waals surface area contributed by atoms with Gasteiger partial charge in [0.15, 0.2) is 0 Å². The van der Waals surface area contributed by atoms with E-state index in [-0.39, 0.29) is 11.9 Å². The van der Waals surface area contributed by atoms with Gasteiger partial charge in [0, 0.05) is 23.8 Å². The van der Waals surface area contributed by atoms with Crippen LogP contribution in [0.3, 0.4) is 0 Å². The minimum Gasteiger partial charge on any atom is -0.497 e. The Balaban J connectivity index is 1.84. The van der Waals surface area contributed by atoms with Gasteiger partial charge >= 0.3 is 5.97 Å². The van der Waals surface area contributed by atoms with Gasteiger partial charge in [-0.05, 0) is 60.9 Å². The predicted molar refractivity (Wildman–Crippen MR) is 130 cm³/mol. The molecular weight excluding hydrogens is 414 g/mol. The van der Waals surface area contributed by atoms with Gasteiger partial charge in [-0.2, -0.15) is 0 Å². The Morgan fingerprint density at radius 2 is 1.48 bits per heavy atom. The molecule has 0 bridgehead atoms. The van der Waals surface area contributed by atoms with Gasteiger partial charge in [0.2, 0.25) is 0 Å². The van der Waals surface area contributed by atoms with E-state index in [1.165, 1.54) is 0 Å². The molecule has 0 N–H and O–H groups in total. The van der Waals surface area contributed by atoms with Crippen molar-refractivity contribution in [2.24, 2.45) is 0 Å². The van der Waals surface area contributed by atoms with Crippen molar-refractivity contribution in [3.8, 4) is 11.5 Å². The lowest BCUT2D eigenvalue weighted by molar-refractivity contribution is -0.138. The molecule has 1 aliphatic rings. The summed E-state index contributed by atoms with van der Waals surface area (Å²) >= 11 is 0. The fraction of sp³-hybridized carbons (Fsp3) is 0.250. The first kappa shape index (κ1) is 22.5. The number of methoxy groups -OCH3 is 2. The summed E-state index contributed by atoms with van der Waals surface area (Å²) in [6, 6.07) is 24.2. The number of hydrogen-bond acceptors (Lipinski definition) is 5. The first-order valence-corrected chi connectivity index (χ1v) is 11.1. The molecule has 0 radical (unpaired) electrons. The molecule has 33 heavy (non-hydrogen) atoms. The fourth-order valence-corrected chi connectivity index (χ4v) is 4.40. The standard InChI is InChI=1S/C28H29NO4/c1-5-33-28(30)26-19(2)29(18-20-10-14-22(31-3)15-11-20)25-9-7-6-8-24(25)27(26)21-12-16-23(32-4)17-13-21/h6-17,27H,5,18H2,1-4H3/t27-/m1/s1. The van der Waals surface area contributed by atoms with E-state index in [2.05, 4.69) is 17.0 Å². The van der Waals surface area contributed by atoms with Crippen LogP contribution in [0.5, 0.6) is 11.5 Å². The molecule has 0 saturated carbocycles. The molecule has 1 aliphatic heterocycles. The number of benzene rings is 3. The Labute approximate surface area is 195 Å². The van der Waals surface area contributed by atoms with Crippen LogP contribution in [0.25, 0.3) is 0 Å². The maximum absolute atomic E-state index is 13.3. The molecule has 0 aromatic heterocycles. The SMILES string of the molecule is CCOC(=O)C1=C(C)N(Cc2ccc(OC)cc2)c2ccccc2[C@H]1c1ccc(OC)cc1. The third-order valence-corrected chi connectivity index (χ3v) is 6.07. The third kappa shape index (κ3) is 4.44. The highest BCUT2D eigenvalue weighted by Crippen LogP contribution is 2.45. The monoisotopic (exact) mass is 443 g/mol. The van der Waals surface area contributed by atoms with E-state index in [9.17, 15) is 4.79 Å². The number of anilines is 1. The second-order valence-corrected chi connectivity index (χ2v) is 7.92. The normalized spacial score (nSPS) is 15.2. The second-order valence-electron chi connectivity index (χ2n) is 7.92. The van der Waals surface area contributed by atoms with E-state index in [1.54, 1.807) is 14.2 Å². The first-order valence-electron chi connectivity index (χ1n) is 11.1. The predicted octanol–water partition coefficient (Wildman–Crippen LogP) is 5.69. The van der Waals surface area contributed by atoms with E-state index < -0.39 is 0 Å². The highest BCUT2D eigenvalue weighted by molar-refractivity contribution is 5.95. The zero-order chi connectivity index (χ0) is 23.4. The summed E-state index contributed by atoms with van der Waals surface area (Å²) in [6.07, 6.45) is 0. The van der Waals surface area contributed by atoms with E-state index in [1.807, 2.05) is 74.5 Å². The summed E-state index contributed by atoms with van der Waals surface area (Å²) in [7, 11) is 3.31. The smallest absolute Gasteiger partial charge is 0.336 e. The first-order chi connectivity index (χ1) is 16.1. The van der Waals surface area contributed by atoms with Crippen LogP contribution < -0.4 is 14.4 Å². The van der Waals surface area contributed by atoms with Gasteiger partial charge in [-0.1, -0.05) is 42.5 Å². The van der Waals surface area contributed by atoms with E-state index in [0.29, 0.717) is 18.7 Å². The Hall–Kier alpha value is -3.73. The van der Waals surface area contributed by atoms with Gasteiger partial charge in [0.25, 0.3) is 0 Å². The minimum absolute atomic E-state index is 0.224. The number of hydrogen-bond donors (Lipinski definition) is 0. The van der Waals surface area contributed by atoms with Crippen LogP contribution in [0, 0.1) is 0 Å². The summed E-state index contributed by atoms with van der Waals surface area (Å²) in [4.78, 5) is 15.5. The van der Waals surface area contributed by atoms with Gasteiger partial charge < -0.3 is 19.1 Å². The van der Waals surface area contributed by atoms with Crippen molar-refractivity contribution in [2.75, 3.05) is 25.7 Å². The Bertz CT molecular complexity index is 1150. The maximum Gasteiger partial charge on any atom is 0.336 e. The number of ether oxygens (including phenoxy) is 3. The molecule has 0 saturated heterocycles. The minimum atomic E-state index is -0.287. The maximum atomic E-state index is 13.3. The molecule has 1 heterocycles. The summed E-state index contributed by atoms with van der Waals surface area (Å²) in [6.45, 7) is 4.79. The van der Waals surface area contributed by atoms with Crippen molar-refractivity contribution in [1.29, 1.82) is 0 Å². The summed E-state index contributed by atoms with van der Waals surface area (Å²) in [5, 5.41) is 0. The van der Waals surface area contributed by atoms with Crippen molar-refractivity contribution in [3.05, 3.63) is 101 Å². The fourth-order valence-electron chi connectivity index (χ4n) is 4.40. The van der Waals surface area contributed by atoms with Crippen molar-refractivity contribution in [1.82, 2.24) is 0 Å². The van der Waals surface area contributed by atoms with Crippen molar-refractivity contribution in [2.45, 2.75) is 26.3 Å². The molecule has 4 rings (SSSR count). The lowest BCUT2D eigenvalue weighted by Crippen LogP contribution is -2.32. The molecule has 5 nitrogen and oxygen atoms in total. The lowest BCUT2D eigenvalue weighted by atomic mass is 9.80. The zero-order valence-electron chi connectivity index (χ0n) is 19.5. The Kier molecular flexibility index (Phi) is 6.68. The van der Waals surface area contributed by atoms with Gasteiger partial charge in [-0.15, -0.1) is 0 Å². The van der Waals surface area contributed by atoms with Crippen LogP contribution in [0.15, 0.2) is 84.1 Å². The molecule has 0 aliphatic carbocycles. The Morgan fingerprint density at radius 3 is 2.09 bits per heavy atom. The van der Waals surface area contributed by atoms with E-state index in [4.69, 9.17) is 14.2 Å². The second kappa shape index (κ2) is 9.82. The number of fused-ring (bicyclic) bond motifs is 1. The van der Waals surface area contributed by atoms with Crippen LogP contribution >= 0.6 is 0 Å². The molecule has 0 spiro atoms. The third-order valence-electron chi connectivity index (χ3n) is 6.07. The molecule has 1 atom stereocenters. The van der Waals surface area contributed by atoms with Gasteiger partial charge in [-0.3, -0.25) is 0 Å².